The van der Waals surface area contributed by atoms with Gasteiger partial charge < -0.3 is 5.32 Å². The van der Waals surface area contributed by atoms with E-state index in [0.717, 1.165) is 11.8 Å². The van der Waals surface area contributed by atoms with Gasteiger partial charge in [-0.25, -0.2) is 4.31 Å². The molecule has 2 N–H and O–H groups in total. The van der Waals surface area contributed by atoms with E-state index in [1.54, 1.807) is 18.2 Å². The van der Waals surface area contributed by atoms with Gasteiger partial charge in [-0.05, 0) is 25.1 Å². The van der Waals surface area contributed by atoms with Crippen LogP contribution in [0.4, 0.5) is 0 Å². The van der Waals surface area contributed by atoms with Crippen molar-refractivity contribution < 1.29 is 22.6 Å². The molecule has 0 saturated carbocycles. The Morgan fingerprint density at radius 2 is 2.09 bits per heavy atom. The number of nitrogens with one attached hydrogen (secondary N) is 1. The molecule has 11 heteroatoms. The first kappa shape index (κ1) is 18.3. The minimum atomic E-state index is -4.60. The summed E-state index contributed by atoms with van der Waals surface area (Å²) >= 11 is 12.9. The average Bonchev–Trinajstić information content (AvgIpc) is 2.44. The minimum Gasteiger partial charge on any atom is -0.342 e. The molecule has 1 fully saturated rings. The second kappa shape index (κ2) is 6.86. The molecule has 1 saturated heterocycles. The first-order valence-corrected chi connectivity index (χ1v) is 9.43. The molecule has 126 valence electrons. The van der Waals surface area contributed by atoms with Crippen molar-refractivity contribution in [1.29, 1.82) is 0 Å². The van der Waals surface area contributed by atoms with Crippen LogP contribution in [0, 0.1) is 0 Å². The minimum absolute atomic E-state index is 0.0254. The van der Waals surface area contributed by atoms with Crippen LogP contribution in [-0.2, 0) is 19.9 Å². The molecule has 2 rings (SSSR count). The molecule has 0 aliphatic carbocycles. The Hall–Kier alpha value is -1.00. The van der Waals surface area contributed by atoms with E-state index in [-0.39, 0.29) is 5.75 Å². The van der Waals surface area contributed by atoms with Crippen molar-refractivity contribution in [3.63, 3.8) is 0 Å². The Morgan fingerprint density at radius 3 is 2.65 bits per heavy atom. The van der Waals surface area contributed by atoms with Gasteiger partial charge in [-0.2, -0.15) is 8.42 Å². The van der Waals surface area contributed by atoms with Crippen molar-refractivity contribution in [2.75, 3.05) is 5.75 Å². The van der Waals surface area contributed by atoms with Crippen LogP contribution >= 0.6 is 35.0 Å². The van der Waals surface area contributed by atoms with Gasteiger partial charge in [-0.1, -0.05) is 23.2 Å². The molecule has 1 aromatic rings. The zero-order valence-electron chi connectivity index (χ0n) is 11.7. The van der Waals surface area contributed by atoms with Gasteiger partial charge in [0.15, 0.2) is 0 Å². The van der Waals surface area contributed by atoms with Gasteiger partial charge in [0.2, 0.25) is 5.91 Å². The summed E-state index contributed by atoms with van der Waals surface area (Å²) in [5, 5.41) is 3.34. The molecule has 0 bridgehead atoms. The third-order valence-corrected chi connectivity index (χ3v) is 5.89. The molecule has 0 spiro atoms. The van der Waals surface area contributed by atoms with Gasteiger partial charge in [0.25, 0.3) is 5.91 Å². The highest BCUT2D eigenvalue weighted by Crippen LogP contribution is 2.30. The maximum atomic E-state index is 11.9. The molecule has 1 aliphatic heterocycles. The van der Waals surface area contributed by atoms with Crippen LogP contribution in [0.2, 0.25) is 10.0 Å². The number of nitrogens with zero attached hydrogens (tertiary/aromatic N) is 1. The summed E-state index contributed by atoms with van der Waals surface area (Å²) in [6.45, 7) is 1.40. The molecule has 1 aromatic carbocycles. The highest BCUT2D eigenvalue weighted by molar-refractivity contribution is 8.00. The number of hydrogen-bond acceptors (Lipinski definition) is 5. The average molecular weight is 399 g/mol. The second-order valence-electron chi connectivity index (χ2n) is 4.76. The SMILES string of the molecule is CC1[C@H](NC(=O)CSc2cc(Cl)ccc2Cl)C(=O)N1S(=O)(=O)O. The number of β-lactam (4-membered cyclic amide) rings is 1. The largest absolute Gasteiger partial charge is 0.362 e. The van der Waals surface area contributed by atoms with E-state index in [4.69, 9.17) is 27.8 Å². The predicted octanol–water partition coefficient (Wildman–Crippen LogP) is 1.60. The smallest absolute Gasteiger partial charge is 0.342 e. The number of hydrogen-bond donors (Lipinski definition) is 2. The maximum absolute atomic E-state index is 11.9. The van der Waals surface area contributed by atoms with E-state index < -0.39 is 34.2 Å². The number of benzene rings is 1. The number of amides is 2. The van der Waals surface area contributed by atoms with Crippen LogP contribution in [-0.4, -0.2) is 46.9 Å². The van der Waals surface area contributed by atoms with Crippen LogP contribution in [0.3, 0.4) is 0 Å². The number of carbonyl (C=O) groups excluding carboxylic acids is 2. The molecule has 0 aromatic heterocycles. The highest BCUT2D eigenvalue weighted by atomic mass is 35.5. The van der Waals surface area contributed by atoms with Gasteiger partial charge in [-0.15, -0.1) is 11.8 Å². The number of halogens is 2. The normalized spacial score (nSPS) is 21.0. The number of thioether (sulfide) groups is 1. The zero-order chi connectivity index (χ0) is 17.4. The van der Waals surface area contributed by atoms with Crippen molar-refractivity contribution in [3.8, 4) is 0 Å². The highest BCUT2D eigenvalue weighted by Gasteiger charge is 2.51. The van der Waals surface area contributed by atoms with Crippen LogP contribution in [0.1, 0.15) is 6.92 Å². The van der Waals surface area contributed by atoms with Crippen molar-refractivity contribution >= 4 is 57.1 Å². The first-order valence-electron chi connectivity index (χ1n) is 6.29. The molecule has 7 nitrogen and oxygen atoms in total. The number of rotatable bonds is 5. The summed E-state index contributed by atoms with van der Waals surface area (Å²) in [5.74, 6) is -1.37. The number of carbonyl (C=O) groups is 2. The monoisotopic (exact) mass is 398 g/mol. The fourth-order valence-electron chi connectivity index (χ4n) is 2.05. The fourth-order valence-corrected chi connectivity index (χ4v) is 4.24. The summed E-state index contributed by atoms with van der Waals surface area (Å²) in [6, 6.07) is 3.00. The predicted molar refractivity (Wildman–Crippen MR) is 87.0 cm³/mol. The van der Waals surface area contributed by atoms with E-state index in [0.29, 0.717) is 19.2 Å². The van der Waals surface area contributed by atoms with Crippen molar-refractivity contribution in [3.05, 3.63) is 28.2 Å². The molecule has 1 heterocycles. The topological polar surface area (TPSA) is 104 Å². The lowest BCUT2D eigenvalue weighted by Crippen LogP contribution is -2.70. The van der Waals surface area contributed by atoms with Gasteiger partial charge in [0, 0.05) is 9.92 Å². The third-order valence-electron chi connectivity index (χ3n) is 3.15. The van der Waals surface area contributed by atoms with Crippen molar-refractivity contribution in [2.45, 2.75) is 23.9 Å². The quantitative estimate of drug-likeness (QED) is 0.443. The summed E-state index contributed by atoms with van der Waals surface area (Å²) in [5.41, 5.74) is 0. The Balaban J connectivity index is 1.91. The first-order chi connectivity index (χ1) is 10.6. The molecule has 0 radical (unpaired) electrons. The van der Waals surface area contributed by atoms with E-state index in [1.807, 2.05) is 0 Å². The van der Waals surface area contributed by atoms with E-state index in [9.17, 15) is 18.0 Å². The standard InChI is InChI=1S/C12H12Cl2N2O5S2/c1-6-11(12(18)16(6)23(19,20)21)15-10(17)5-22-9-4-7(13)2-3-8(9)14/h2-4,6,11H,5H2,1H3,(H,15,17)(H,19,20,21)/t6?,11-/m0/s1. The Labute approximate surface area is 147 Å². The maximum Gasteiger partial charge on any atom is 0.362 e. The summed E-state index contributed by atoms with van der Waals surface area (Å²) in [4.78, 5) is 24.1. The van der Waals surface area contributed by atoms with Gasteiger partial charge in [0.05, 0.1) is 16.8 Å². The molecule has 1 unspecified atom stereocenters. The molecular weight excluding hydrogens is 387 g/mol. The fraction of sp³-hybridized carbons (Fsp3) is 0.333. The Morgan fingerprint density at radius 1 is 1.43 bits per heavy atom. The van der Waals surface area contributed by atoms with Crippen LogP contribution in [0.5, 0.6) is 0 Å². The molecule has 23 heavy (non-hydrogen) atoms. The Kier molecular flexibility index (Phi) is 5.47. The summed E-state index contributed by atoms with van der Waals surface area (Å²) in [7, 11) is -4.60. The zero-order valence-corrected chi connectivity index (χ0v) is 14.8. The van der Waals surface area contributed by atoms with Gasteiger partial charge in [0.1, 0.15) is 6.04 Å². The molecule has 2 amide bonds. The second-order valence-corrected chi connectivity index (χ2v) is 7.91. The molecule has 1 aliphatic rings. The lowest BCUT2D eigenvalue weighted by molar-refractivity contribution is -0.144. The lowest BCUT2D eigenvalue weighted by Gasteiger charge is -2.42. The van der Waals surface area contributed by atoms with Gasteiger partial charge in [-0.3, -0.25) is 14.1 Å². The third kappa shape index (κ3) is 4.10. The van der Waals surface area contributed by atoms with Crippen molar-refractivity contribution in [1.82, 2.24) is 9.62 Å². The van der Waals surface area contributed by atoms with Crippen LogP contribution in [0.25, 0.3) is 0 Å². The van der Waals surface area contributed by atoms with Crippen LogP contribution in [0.15, 0.2) is 23.1 Å². The summed E-state index contributed by atoms with van der Waals surface area (Å²) in [6.07, 6.45) is 0. The summed E-state index contributed by atoms with van der Waals surface area (Å²) < 4.78 is 31.1. The van der Waals surface area contributed by atoms with E-state index >= 15 is 0 Å². The lowest BCUT2D eigenvalue weighted by atomic mass is 10.0. The van der Waals surface area contributed by atoms with Crippen molar-refractivity contribution in [2.24, 2.45) is 0 Å². The molecule has 2 atom stereocenters. The van der Waals surface area contributed by atoms with E-state index in [2.05, 4.69) is 5.32 Å². The van der Waals surface area contributed by atoms with E-state index in [1.165, 1.54) is 6.92 Å². The molecular formula is C12H12Cl2N2O5S2. The van der Waals surface area contributed by atoms with Gasteiger partial charge >= 0.3 is 10.3 Å². The van der Waals surface area contributed by atoms with Crippen LogP contribution < -0.4 is 5.32 Å². The Bertz CT molecular complexity index is 756.